The largest absolute Gasteiger partial charge is 1.00 e. The summed E-state index contributed by atoms with van der Waals surface area (Å²) in [6.07, 6.45) is 29.2. The van der Waals surface area contributed by atoms with Crippen LogP contribution in [-0.2, 0) is 19.6 Å². The van der Waals surface area contributed by atoms with Crippen LogP contribution in [0.3, 0.4) is 0 Å². The van der Waals surface area contributed by atoms with Crippen LogP contribution in [0.15, 0.2) is 67.5 Å². The molecule has 3 aromatic heterocycles. The number of unbranched alkanes of at least 4 members (excludes halogenated alkanes) is 9. The summed E-state index contributed by atoms with van der Waals surface area (Å²) in [6.45, 7) is 10.1. The molecule has 0 radical (unpaired) electrons. The number of hydrogen-bond donors (Lipinski definition) is 0. The van der Waals surface area contributed by atoms with E-state index >= 15 is 0 Å². The van der Waals surface area contributed by atoms with Gasteiger partial charge in [-0.15, -0.1) is 0 Å². The molecule has 0 saturated carbocycles. The molecule has 3 rings (SSSR count). The molecule has 0 atom stereocenters. The van der Waals surface area contributed by atoms with Crippen LogP contribution in [0.2, 0.25) is 0 Å². The van der Waals surface area contributed by atoms with Gasteiger partial charge in [-0.1, -0.05) is 59.3 Å². The Kier molecular flexibility index (Phi) is 23.0. The number of halogens is 3. The van der Waals surface area contributed by atoms with Gasteiger partial charge in [0.15, 0.2) is 37.2 Å². The average Bonchev–Trinajstić information content (AvgIpc) is 2.92. The normalized spacial score (nSPS) is 10.3. The van der Waals surface area contributed by atoms with Crippen molar-refractivity contribution in [2.24, 2.45) is 0 Å². The fourth-order valence-corrected chi connectivity index (χ4v) is 4.89. The van der Waals surface area contributed by atoms with Crippen molar-refractivity contribution in [1.82, 2.24) is 0 Å². The molecule has 0 unspecified atom stereocenters. The highest BCUT2D eigenvalue weighted by molar-refractivity contribution is 5.81. The summed E-state index contributed by atoms with van der Waals surface area (Å²) in [5, 5.41) is 0. The number of nitrogens with zero attached hydrogens (tertiary/aromatic N) is 3. The maximum absolute atomic E-state index is 2.39. The lowest BCUT2D eigenvalue weighted by molar-refractivity contribution is -0.697. The van der Waals surface area contributed by atoms with Gasteiger partial charge in [0.05, 0.1) is 5.56 Å². The number of aromatic nitrogens is 3. The third-order valence-electron chi connectivity index (χ3n) is 7.23. The number of hydrogen-bond acceptors (Lipinski definition) is 0. The molecule has 218 valence electrons. The molecule has 0 aliphatic rings. The predicted octanol–water partition coefficient (Wildman–Crippen LogP) is -1.36. The Labute approximate surface area is 290 Å². The van der Waals surface area contributed by atoms with Gasteiger partial charge in [-0.25, -0.2) is 13.7 Å². The SMILES string of the molecule is CCCCCC[n+]1ccc(-c2cc[n+](CCCCCC)cc2-c2cc[n+](CCCCCC)cc2)cc1.[I-].[I-].[I-]. The van der Waals surface area contributed by atoms with Crippen LogP contribution < -0.4 is 85.6 Å². The highest BCUT2D eigenvalue weighted by atomic mass is 127. The van der Waals surface area contributed by atoms with Crippen molar-refractivity contribution >= 4 is 0 Å². The lowest BCUT2D eigenvalue weighted by Gasteiger charge is -2.09. The minimum absolute atomic E-state index is 0. The van der Waals surface area contributed by atoms with Crippen LogP contribution in [0.1, 0.15) is 97.8 Å². The molecule has 0 aromatic carbocycles. The quantitative estimate of drug-likeness (QED) is 0.0905. The van der Waals surface area contributed by atoms with Gasteiger partial charge in [0.1, 0.15) is 19.6 Å². The van der Waals surface area contributed by atoms with E-state index in [9.17, 15) is 0 Å². The first kappa shape index (κ1) is 38.6. The van der Waals surface area contributed by atoms with Crippen LogP contribution in [0.4, 0.5) is 0 Å². The Morgan fingerprint density at radius 1 is 0.410 bits per heavy atom. The monoisotopic (exact) mass is 869 g/mol. The molecule has 6 heteroatoms. The maximum atomic E-state index is 2.39. The Morgan fingerprint density at radius 2 is 0.769 bits per heavy atom. The van der Waals surface area contributed by atoms with Crippen LogP contribution >= 0.6 is 0 Å². The van der Waals surface area contributed by atoms with Crippen LogP contribution in [0, 0.1) is 0 Å². The maximum Gasteiger partial charge on any atom is 0.177 e. The van der Waals surface area contributed by atoms with Gasteiger partial charge in [0.25, 0.3) is 0 Å². The number of rotatable bonds is 17. The van der Waals surface area contributed by atoms with E-state index < -0.39 is 0 Å². The van der Waals surface area contributed by atoms with Crippen molar-refractivity contribution in [2.75, 3.05) is 0 Å². The molecule has 3 aromatic rings. The summed E-state index contributed by atoms with van der Waals surface area (Å²) >= 11 is 0. The second-order valence-corrected chi connectivity index (χ2v) is 10.3. The smallest absolute Gasteiger partial charge is 0.177 e. The lowest BCUT2D eigenvalue weighted by atomic mass is 9.97. The molecule has 0 aliphatic carbocycles. The Morgan fingerprint density at radius 3 is 1.18 bits per heavy atom. The second-order valence-electron chi connectivity index (χ2n) is 10.3. The fraction of sp³-hybridized carbons (Fsp3) is 0.545. The first-order chi connectivity index (χ1) is 17.7. The molecule has 0 saturated heterocycles. The molecular weight excluding hydrogens is 819 g/mol. The van der Waals surface area contributed by atoms with E-state index in [0.717, 1.165) is 19.6 Å². The van der Waals surface area contributed by atoms with Crippen LogP contribution in [0.5, 0.6) is 0 Å². The van der Waals surface area contributed by atoms with Crippen molar-refractivity contribution in [3.63, 3.8) is 0 Å². The molecule has 0 aliphatic heterocycles. The molecule has 0 bridgehead atoms. The van der Waals surface area contributed by atoms with E-state index in [0.29, 0.717) is 0 Å². The molecule has 0 amide bonds. The number of aryl methyl sites for hydroxylation is 3. The average molecular weight is 869 g/mol. The molecule has 3 nitrogen and oxygen atoms in total. The summed E-state index contributed by atoms with van der Waals surface area (Å²) in [5.41, 5.74) is 5.24. The molecule has 0 N–H and O–H groups in total. The van der Waals surface area contributed by atoms with Gasteiger partial charge in [-0.2, -0.15) is 0 Å². The summed E-state index contributed by atoms with van der Waals surface area (Å²) in [6, 6.07) is 11.5. The molecule has 0 fully saturated rings. The zero-order valence-electron chi connectivity index (χ0n) is 24.4. The van der Waals surface area contributed by atoms with Crippen LogP contribution in [-0.4, -0.2) is 0 Å². The third kappa shape index (κ3) is 13.9. The zero-order chi connectivity index (χ0) is 25.4. The van der Waals surface area contributed by atoms with Crippen molar-refractivity contribution < 1.29 is 85.6 Å². The third-order valence-corrected chi connectivity index (χ3v) is 7.23. The van der Waals surface area contributed by atoms with E-state index in [1.165, 1.54) is 99.3 Å². The van der Waals surface area contributed by atoms with E-state index in [2.05, 4.69) is 102 Å². The second kappa shape index (κ2) is 23.2. The minimum atomic E-state index is 0. The van der Waals surface area contributed by atoms with Gasteiger partial charge >= 0.3 is 0 Å². The Hall–Kier alpha value is -0.360. The van der Waals surface area contributed by atoms with E-state index in [1.807, 2.05) is 0 Å². The molecule has 3 heterocycles. The number of pyridine rings is 3. The standard InChI is InChI=1S/C33H50N3.3HI/c1-4-7-10-13-21-34-24-16-30(17-25-34)32-20-28-36(23-15-12-9-6-3)29-33(32)31-18-26-35(27-19-31)22-14-11-8-5-2;;;/h16-20,24-29H,4-15,21-23H2,1-3H3;3*1H/q+3;;;/p-3. The highest BCUT2D eigenvalue weighted by Gasteiger charge is 2.16. The molecule has 39 heavy (non-hydrogen) atoms. The van der Waals surface area contributed by atoms with Crippen molar-refractivity contribution in [3.05, 3.63) is 67.5 Å². The summed E-state index contributed by atoms with van der Waals surface area (Å²) in [5.74, 6) is 0. The van der Waals surface area contributed by atoms with Crippen LogP contribution in [0.25, 0.3) is 22.3 Å². The van der Waals surface area contributed by atoms with Crippen molar-refractivity contribution in [3.8, 4) is 22.3 Å². The Balaban J connectivity index is 0.00000481. The zero-order valence-corrected chi connectivity index (χ0v) is 30.9. The Bertz CT molecular complexity index is 1010. The topological polar surface area (TPSA) is 11.6 Å². The fourth-order valence-electron chi connectivity index (χ4n) is 4.89. The molecular formula is C33H50I3N3. The van der Waals surface area contributed by atoms with Gasteiger partial charge in [0, 0.05) is 60.7 Å². The highest BCUT2D eigenvalue weighted by Crippen LogP contribution is 2.30. The van der Waals surface area contributed by atoms with E-state index in [4.69, 9.17) is 0 Å². The molecule has 0 spiro atoms. The van der Waals surface area contributed by atoms with Gasteiger partial charge in [-0.05, 0) is 24.8 Å². The van der Waals surface area contributed by atoms with E-state index in [-0.39, 0.29) is 71.9 Å². The predicted molar refractivity (Wildman–Crippen MR) is 150 cm³/mol. The first-order valence-electron chi connectivity index (χ1n) is 14.8. The lowest BCUT2D eigenvalue weighted by Crippen LogP contribution is -3.00. The van der Waals surface area contributed by atoms with E-state index in [1.54, 1.807) is 0 Å². The van der Waals surface area contributed by atoms with Crippen molar-refractivity contribution in [2.45, 2.75) is 117 Å². The van der Waals surface area contributed by atoms with Gasteiger partial charge in [-0.3, -0.25) is 0 Å². The van der Waals surface area contributed by atoms with Gasteiger partial charge < -0.3 is 71.9 Å². The van der Waals surface area contributed by atoms with Crippen molar-refractivity contribution in [1.29, 1.82) is 0 Å². The minimum Gasteiger partial charge on any atom is -1.00 e. The summed E-state index contributed by atoms with van der Waals surface area (Å²) in [7, 11) is 0. The summed E-state index contributed by atoms with van der Waals surface area (Å²) in [4.78, 5) is 0. The first-order valence-corrected chi connectivity index (χ1v) is 14.8. The van der Waals surface area contributed by atoms with Gasteiger partial charge in [0.2, 0.25) is 0 Å². The summed E-state index contributed by atoms with van der Waals surface area (Å²) < 4.78 is 7.06.